The van der Waals surface area contributed by atoms with Crippen LogP contribution < -0.4 is 5.32 Å². The van der Waals surface area contributed by atoms with Crippen LogP contribution in [-0.2, 0) is 21.4 Å². The van der Waals surface area contributed by atoms with Crippen molar-refractivity contribution in [1.82, 2.24) is 25.4 Å². The number of aromatic nitrogens is 3. The number of rotatable bonds is 6. The number of carbonyl (C=O) groups is 1. The van der Waals surface area contributed by atoms with E-state index in [1.54, 1.807) is 12.0 Å². The monoisotopic (exact) mass is 325 g/mol. The van der Waals surface area contributed by atoms with Crippen LogP contribution in [0.2, 0.25) is 0 Å². The molecule has 1 fully saturated rings. The van der Waals surface area contributed by atoms with E-state index in [1.807, 2.05) is 20.8 Å². The highest BCUT2D eigenvalue weighted by Crippen LogP contribution is 2.17. The fourth-order valence-electron chi connectivity index (χ4n) is 2.38. The second-order valence-corrected chi connectivity index (χ2v) is 6.72. The molecule has 1 aliphatic rings. The van der Waals surface area contributed by atoms with Crippen molar-refractivity contribution >= 4 is 6.03 Å². The first-order chi connectivity index (χ1) is 10.9. The molecule has 0 aliphatic carbocycles. The van der Waals surface area contributed by atoms with Crippen molar-refractivity contribution in [3.8, 4) is 0 Å². The number of H-pyrrole nitrogens is 1. The SMILES string of the molecule is COCCN(C(=O)NCc1nc(C(C)(C)C)n[nH]1)C1CCOC1. The molecule has 1 aromatic rings. The molecule has 130 valence electrons. The van der Waals surface area contributed by atoms with Crippen molar-refractivity contribution in [3.63, 3.8) is 0 Å². The highest BCUT2D eigenvalue weighted by molar-refractivity contribution is 5.74. The normalized spacial score (nSPS) is 18.2. The summed E-state index contributed by atoms with van der Waals surface area (Å²) in [5.74, 6) is 1.39. The van der Waals surface area contributed by atoms with E-state index >= 15 is 0 Å². The molecule has 1 aromatic heterocycles. The third-order valence-corrected chi connectivity index (χ3v) is 3.75. The van der Waals surface area contributed by atoms with Gasteiger partial charge in [0, 0.05) is 25.7 Å². The topological polar surface area (TPSA) is 92.4 Å². The molecule has 1 aliphatic heterocycles. The maximum atomic E-state index is 12.5. The van der Waals surface area contributed by atoms with E-state index in [0.717, 1.165) is 12.2 Å². The molecular weight excluding hydrogens is 298 g/mol. The van der Waals surface area contributed by atoms with Crippen LogP contribution in [-0.4, -0.2) is 65.6 Å². The van der Waals surface area contributed by atoms with Crippen LogP contribution in [0.3, 0.4) is 0 Å². The molecule has 1 atom stereocenters. The number of hydrogen-bond acceptors (Lipinski definition) is 5. The van der Waals surface area contributed by atoms with Crippen LogP contribution in [0.15, 0.2) is 0 Å². The van der Waals surface area contributed by atoms with Gasteiger partial charge in [0.15, 0.2) is 5.82 Å². The predicted molar refractivity (Wildman–Crippen MR) is 85.1 cm³/mol. The Morgan fingerprint density at radius 2 is 2.30 bits per heavy atom. The maximum absolute atomic E-state index is 12.5. The zero-order valence-corrected chi connectivity index (χ0v) is 14.4. The number of hydrogen-bond donors (Lipinski definition) is 2. The van der Waals surface area contributed by atoms with Crippen LogP contribution in [0.5, 0.6) is 0 Å². The summed E-state index contributed by atoms with van der Waals surface area (Å²) in [5, 5.41) is 9.96. The molecule has 2 rings (SSSR count). The number of nitrogens with zero attached hydrogens (tertiary/aromatic N) is 3. The summed E-state index contributed by atoms with van der Waals surface area (Å²) in [4.78, 5) is 18.7. The third-order valence-electron chi connectivity index (χ3n) is 3.75. The van der Waals surface area contributed by atoms with Crippen molar-refractivity contribution in [3.05, 3.63) is 11.6 Å². The van der Waals surface area contributed by atoms with Crippen molar-refractivity contribution in [1.29, 1.82) is 0 Å². The minimum Gasteiger partial charge on any atom is -0.383 e. The summed E-state index contributed by atoms with van der Waals surface area (Å²) in [6.45, 7) is 8.77. The molecule has 2 amide bonds. The summed E-state index contributed by atoms with van der Waals surface area (Å²) in [6, 6.07) is -0.0312. The van der Waals surface area contributed by atoms with Gasteiger partial charge in [-0.1, -0.05) is 20.8 Å². The molecule has 1 unspecified atom stereocenters. The molecule has 2 N–H and O–H groups in total. The number of aromatic amines is 1. The Bertz CT molecular complexity index is 505. The van der Waals surface area contributed by atoms with Crippen molar-refractivity contribution in [2.24, 2.45) is 0 Å². The molecule has 0 spiro atoms. The van der Waals surface area contributed by atoms with Gasteiger partial charge in [0.1, 0.15) is 5.82 Å². The largest absolute Gasteiger partial charge is 0.383 e. The Kier molecular flexibility index (Phi) is 5.95. The minimum absolute atomic E-state index is 0.102. The average Bonchev–Trinajstić information content (AvgIpc) is 3.16. The lowest BCUT2D eigenvalue weighted by Gasteiger charge is -2.27. The molecule has 0 saturated carbocycles. The molecule has 1 saturated heterocycles. The van der Waals surface area contributed by atoms with Crippen molar-refractivity contribution in [2.75, 3.05) is 33.5 Å². The molecule has 0 aromatic carbocycles. The number of nitrogens with one attached hydrogen (secondary N) is 2. The molecule has 2 heterocycles. The molecule has 0 radical (unpaired) electrons. The highest BCUT2D eigenvalue weighted by Gasteiger charge is 2.27. The van der Waals surface area contributed by atoms with E-state index in [1.165, 1.54) is 0 Å². The Morgan fingerprint density at radius 3 is 2.87 bits per heavy atom. The second-order valence-electron chi connectivity index (χ2n) is 6.72. The zero-order chi connectivity index (χ0) is 16.9. The third kappa shape index (κ3) is 4.90. The van der Waals surface area contributed by atoms with Crippen LogP contribution in [0.25, 0.3) is 0 Å². The zero-order valence-electron chi connectivity index (χ0n) is 14.4. The molecular formula is C15H27N5O3. The van der Waals surface area contributed by atoms with E-state index in [0.29, 0.717) is 38.7 Å². The van der Waals surface area contributed by atoms with Gasteiger partial charge < -0.3 is 19.7 Å². The van der Waals surface area contributed by atoms with Gasteiger partial charge in [-0.05, 0) is 6.42 Å². The first kappa shape index (κ1) is 17.7. The minimum atomic E-state index is -0.133. The lowest BCUT2D eigenvalue weighted by atomic mass is 9.96. The van der Waals surface area contributed by atoms with E-state index < -0.39 is 0 Å². The molecule has 0 bridgehead atoms. The number of amides is 2. The molecule has 8 nitrogen and oxygen atoms in total. The second kappa shape index (κ2) is 7.74. The fraction of sp³-hybridized carbons (Fsp3) is 0.800. The first-order valence-corrected chi connectivity index (χ1v) is 7.94. The van der Waals surface area contributed by atoms with Gasteiger partial charge in [-0.2, -0.15) is 5.10 Å². The van der Waals surface area contributed by atoms with Gasteiger partial charge in [-0.3, -0.25) is 5.10 Å². The summed E-state index contributed by atoms with van der Waals surface area (Å²) in [6.07, 6.45) is 0.855. The van der Waals surface area contributed by atoms with Gasteiger partial charge in [0.25, 0.3) is 0 Å². The lowest BCUT2D eigenvalue weighted by Crippen LogP contribution is -2.47. The predicted octanol–water partition coefficient (Wildman–Crippen LogP) is 1.05. The highest BCUT2D eigenvalue weighted by atomic mass is 16.5. The summed E-state index contributed by atoms with van der Waals surface area (Å²) in [5.41, 5.74) is -0.121. The Hall–Kier alpha value is -1.67. The number of methoxy groups -OCH3 is 1. The number of urea groups is 1. The van der Waals surface area contributed by atoms with E-state index in [4.69, 9.17) is 9.47 Å². The Morgan fingerprint density at radius 1 is 1.52 bits per heavy atom. The Balaban J connectivity index is 1.91. The summed E-state index contributed by atoms with van der Waals surface area (Å²) < 4.78 is 10.5. The fourth-order valence-corrected chi connectivity index (χ4v) is 2.38. The number of ether oxygens (including phenoxy) is 2. The summed E-state index contributed by atoms with van der Waals surface area (Å²) in [7, 11) is 1.63. The standard InChI is InChI=1S/C15H27N5O3/c1-15(2,3)13-17-12(18-19-13)9-16-14(21)20(6-8-22-4)11-5-7-23-10-11/h11H,5-10H2,1-4H3,(H,16,21)(H,17,18,19). The smallest absolute Gasteiger partial charge is 0.318 e. The van der Waals surface area contributed by atoms with E-state index in [9.17, 15) is 4.79 Å². The van der Waals surface area contributed by atoms with E-state index in [2.05, 4.69) is 20.5 Å². The van der Waals surface area contributed by atoms with Crippen LogP contribution >= 0.6 is 0 Å². The summed E-state index contributed by atoms with van der Waals surface area (Å²) >= 11 is 0. The molecule has 23 heavy (non-hydrogen) atoms. The Labute approximate surface area is 136 Å². The quantitative estimate of drug-likeness (QED) is 0.815. The number of carbonyl (C=O) groups excluding carboxylic acids is 1. The van der Waals surface area contributed by atoms with Gasteiger partial charge in [0.05, 0.1) is 25.8 Å². The van der Waals surface area contributed by atoms with Gasteiger partial charge >= 0.3 is 6.03 Å². The van der Waals surface area contributed by atoms with Crippen LogP contribution in [0.4, 0.5) is 4.79 Å². The average molecular weight is 325 g/mol. The van der Waals surface area contributed by atoms with Crippen molar-refractivity contribution < 1.29 is 14.3 Å². The lowest BCUT2D eigenvalue weighted by molar-refractivity contribution is 0.116. The maximum Gasteiger partial charge on any atom is 0.318 e. The van der Waals surface area contributed by atoms with Crippen molar-refractivity contribution in [2.45, 2.75) is 45.2 Å². The molecule has 8 heteroatoms. The van der Waals surface area contributed by atoms with Gasteiger partial charge in [-0.15, -0.1) is 0 Å². The van der Waals surface area contributed by atoms with Gasteiger partial charge in [-0.25, -0.2) is 9.78 Å². The first-order valence-electron chi connectivity index (χ1n) is 7.94. The van der Waals surface area contributed by atoms with E-state index in [-0.39, 0.29) is 17.5 Å². The van der Waals surface area contributed by atoms with Gasteiger partial charge in [0.2, 0.25) is 0 Å². The van der Waals surface area contributed by atoms with Crippen LogP contribution in [0, 0.1) is 0 Å². The van der Waals surface area contributed by atoms with Crippen LogP contribution in [0.1, 0.15) is 38.8 Å².